The van der Waals surface area contributed by atoms with Gasteiger partial charge in [-0.2, -0.15) is 13.2 Å². The molecule has 3 aromatic rings. The van der Waals surface area contributed by atoms with Crippen LogP contribution in [0.2, 0.25) is 0 Å². The van der Waals surface area contributed by atoms with E-state index in [1.807, 2.05) is 0 Å². The number of aromatic nitrogens is 3. The van der Waals surface area contributed by atoms with Crippen molar-refractivity contribution in [2.75, 3.05) is 34.1 Å². The minimum atomic E-state index is -4.68. The zero-order chi connectivity index (χ0) is 27.2. The molecule has 0 atom stereocenters. The normalized spacial score (nSPS) is 11.3. The average Bonchev–Trinajstić information content (AvgIpc) is 2.86. The molecule has 1 aromatic carbocycles. The minimum absolute atomic E-state index is 0.0373. The number of pyridine rings is 1. The van der Waals surface area contributed by atoms with Crippen LogP contribution in [-0.4, -0.2) is 59.4 Å². The Morgan fingerprint density at radius 1 is 1.05 bits per heavy atom. The molecule has 0 radical (unpaired) electrons. The predicted octanol–water partition coefficient (Wildman–Crippen LogP) is 4.35. The summed E-state index contributed by atoms with van der Waals surface area (Å²) in [5.74, 6) is 1.33. The number of ether oxygens (including phenoxy) is 2. The van der Waals surface area contributed by atoms with Crippen LogP contribution in [0.4, 0.5) is 13.2 Å². The summed E-state index contributed by atoms with van der Waals surface area (Å²) in [6, 6.07) is 8.77. The van der Waals surface area contributed by atoms with Crippen LogP contribution in [0.1, 0.15) is 24.1 Å². The molecule has 198 valence electrons. The van der Waals surface area contributed by atoms with Gasteiger partial charge in [-0.25, -0.2) is 9.97 Å². The number of rotatable bonds is 10. The molecule has 0 N–H and O–H groups in total. The third-order valence-corrected chi connectivity index (χ3v) is 6.27. The number of hydrogen-bond acceptors (Lipinski definition) is 7. The maximum Gasteiger partial charge on any atom is 0.433 e. The lowest BCUT2D eigenvalue weighted by Crippen LogP contribution is -2.21. The van der Waals surface area contributed by atoms with Crippen LogP contribution in [0.3, 0.4) is 0 Å². The molecule has 0 spiro atoms. The van der Waals surface area contributed by atoms with Crippen molar-refractivity contribution in [3.05, 3.63) is 64.2 Å². The fraction of sp³-hybridized carbons (Fsp3) is 0.360. The first-order chi connectivity index (χ1) is 17.5. The highest BCUT2D eigenvalue weighted by Gasteiger charge is 2.34. The lowest BCUT2D eigenvalue weighted by atomic mass is 10.1. The van der Waals surface area contributed by atoms with Crippen molar-refractivity contribution in [3.63, 3.8) is 0 Å². The highest BCUT2D eigenvalue weighted by atomic mass is 32.2. The number of alkyl halides is 3. The number of carbonyl (C=O) groups is 1. The van der Waals surface area contributed by atoms with Crippen LogP contribution in [0.15, 0.2) is 52.5 Å². The van der Waals surface area contributed by atoms with Gasteiger partial charge in [0.15, 0.2) is 16.7 Å². The molecule has 0 aliphatic heterocycles. The molecule has 0 unspecified atom stereocenters. The van der Waals surface area contributed by atoms with E-state index in [4.69, 9.17) is 9.47 Å². The zero-order valence-corrected chi connectivity index (χ0v) is 21.7. The van der Waals surface area contributed by atoms with Gasteiger partial charge in [0.05, 0.1) is 26.5 Å². The fourth-order valence-corrected chi connectivity index (χ4v) is 4.17. The summed E-state index contributed by atoms with van der Waals surface area (Å²) >= 11 is 1.04. The number of nitrogens with zero attached hydrogens (tertiary/aromatic N) is 4. The van der Waals surface area contributed by atoms with Gasteiger partial charge in [0.25, 0.3) is 5.56 Å². The molecule has 12 heteroatoms. The Kier molecular flexibility index (Phi) is 9.19. The number of methoxy groups -OCH3 is 2. The lowest BCUT2D eigenvalue weighted by molar-refractivity contribution is -0.141. The first-order valence-corrected chi connectivity index (χ1v) is 12.2. The second-order valence-electron chi connectivity index (χ2n) is 8.23. The monoisotopic (exact) mass is 536 g/mol. The van der Waals surface area contributed by atoms with E-state index < -0.39 is 11.9 Å². The van der Waals surface area contributed by atoms with Crippen molar-refractivity contribution in [3.8, 4) is 22.8 Å². The van der Waals surface area contributed by atoms with Gasteiger partial charge in [-0.15, -0.1) is 0 Å². The molecule has 1 amide bonds. The third-order valence-electron chi connectivity index (χ3n) is 5.34. The zero-order valence-electron chi connectivity index (χ0n) is 20.8. The number of carbonyl (C=O) groups excluding carboxylic acids is 1. The van der Waals surface area contributed by atoms with E-state index in [1.54, 1.807) is 32.3 Å². The molecule has 0 saturated carbocycles. The Labute approximate surface area is 216 Å². The minimum Gasteiger partial charge on any atom is -0.493 e. The average molecular weight is 537 g/mol. The van der Waals surface area contributed by atoms with Crippen molar-refractivity contribution < 1.29 is 27.4 Å². The first kappa shape index (κ1) is 28.0. The maximum atomic E-state index is 13.6. The van der Waals surface area contributed by atoms with Gasteiger partial charge < -0.3 is 18.9 Å². The number of thioether (sulfide) groups is 1. The molecular weight excluding hydrogens is 509 g/mol. The molecule has 2 aromatic heterocycles. The van der Waals surface area contributed by atoms with Crippen LogP contribution in [0.25, 0.3) is 11.3 Å². The van der Waals surface area contributed by atoms with Gasteiger partial charge in [0.1, 0.15) is 5.69 Å². The summed E-state index contributed by atoms with van der Waals surface area (Å²) in [6.07, 6.45) is -2.48. The third kappa shape index (κ3) is 7.48. The van der Waals surface area contributed by atoms with Crippen LogP contribution in [0.5, 0.6) is 11.5 Å². The van der Waals surface area contributed by atoms with E-state index in [0.29, 0.717) is 29.2 Å². The molecule has 3 rings (SSSR count). The van der Waals surface area contributed by atoms with Crippen LogP contribution in [-0.2, 0) is 17.5 Å². The van der Waals surface area contributed by atoms with E-state index in [-0.39, 0.29) is 35.3 Å². The molecular formula is C25H27F3N4O4S. The van der Waals surface area contributed by atoms with E-state index in [1.165, 1.54) is 42.0 Å². The number of halogens is 3. The van der Waals surface area contributed by atoms with Crippen molar-refractivity contribution >= 4 is 17.7 Å². The van der Waals surface area contributed by atoms with Gasteiger partial charge in [0.2, 0.25) is 5.91 Å². The topological polar surface area (TPSA) is 86.6 Å². The summed E-state index contributed by atoms with van der Waals surface area (Å²) in [5, 5.41) is -0.0558. The molecule has 2 heterocycles. The largest absolute Gasteiger partial charge is 0.493 e. The maximum absolute atomic E-state index is 13.6. The quantitative estimate of drug-likeness (QED) is 0.216. The standard InChI is InChI=1S/C25H27F3N4O4S/c1-31(2)22(33)6-5-11-37-24-29-18(13-21(30-24)25(26,27)28)17-8-10-23(34)32(15-17)14-16-7-9-19(35-3)20(12-16)36-4/h7-10,12-13,15H,5-6,11,14H2,1-4H3. The van der Waals surface area contributed by atoms with Crippen molar-refractivity contribution in [2.24, 2.45) is 0 Å². The molecule has 8 nitrogen and oxygen atoms in total. The Morgan fingerprint density at radius 3 is 2.43 bits per heavy atom. The molecule has 0 bridgehead atoms. The van der Waals surface area contributed by atoms with Crippen LogP contribution in [0, 0.1) is 0 Å². The van der Waals surface area contributed by atoms with E-state index in [2.05, 4.69) is 9.97 Å². The van der Waals surface area contributed by atoms with Crippen molar-refractivity contribution in [1.29, 1.82) is 0 Å². The highest BCUT2D eigenvalue weighted by molar-refractivity contribution is 7.99. The summed E-state index contributed by atoms with van der Waals surface area (Å²) in [6.45, 7) is 0.158. The molecule has 0 aliphatic rings. The SMILES string of the molecule is COc1ccc(Cn2cc(-c3cc(C(F)(F)F)nc(SCCCC(=O)N(C)C)n3)ccc2=O)cc1OC. The van der Waals surface area contributed by atoms with Gasteiger partial charge in [-0.05, 0) is 36.2 Å². The smallest absolute Gasteiger partial charge is 0.433 e. The first-order valence-electron chi connectivity index (χ1n) is 11.2. The van der Waals surface area contributed by atoms with Crippen LogP contribution < -0.4 is 15.0 Å². The Balaban J connectivity index is 1.89. The number of benzene rings is 1. The van der Waals surface area contributed by atoms with Gasteiger partial charge in [-0.3, -0.25) is 9.59 Å². The highest BCUT2D eigenvalue weighted by Crippen LogP contribution is 2.32. The Hall–Kier alpha value is -3.54. The fourth-order valence-electron chi connectivity index (χ4n) is 3.38. The Morgan fingerprint density at radius 2 is 1.78 bits per heavy atom. The molecule has 37 heavy (non-hydrogen) atoms. The number of hydrogen-bond donors (Lipinski definition) is 0. The second-order valence-corrected chi connectivity index (χ2v) is 9.29. The second kappa shape index (κ2) is 12.1. The van der Waals surface area contributed by atoms with Gasteiger partial charge in [0, 0.05) is 44.1 Å². The molecule has 0 saturated heterocycles. The predicted molar refractivity (Wildman–Crippen MR) is 134 cm³/mol. The Bertz CT molecular complexity index is 1310. The summed E-state index contributed by atoms with van der Waals surface area (Å²) in [5.41, 5.74) is -0.308. The lowest BCUT2D eigenvalue weighted by Gasteiger charge is -2.13. The van der Waals surface area contributed by atoms with Gasteiger partial charge in [-0.1, -0.05) is 17.8 Å². The van der Waals surface area contributed by atoms with Gasteiger partial charge >= 0.3 is 6.18 Å². The summed E-state index contributed by atoms with van der Waals surface area (Å²) in [4.78, 5) is 33.7. The van der Waals surface area contributed by atoms with E-state index in [0.717, 1.165) is 23.4 Å². The van der Waals surface area contributed by atoms with Crippen molar-refractivity contribution in [1.82, 2.24) is 19.4 Å². The summed E-state index contributed by atoms with van der Waals surface area (Å²) < 4.78 is 52.7. The number of amides is 1. The molecule has 0 fully saturated rings. The summed E-state index contributed by atoms with van der Waals surface area (Å²) in [7, 11) is 6.29. The van der Waals surface area contributed by atoms with Crippen molar-refractivity contribution in [2.45, 2.75) is 30.7 Å². The van der Waals surface area contributed by atoms with E-state index in [9.17, 15) is 22.8 Å². The van der Waals surface area contributed by atoms with E-state index >= 15 is 0 Å². The molecule has 0 aliphatic carbocycles. The van der Waals surface area contributed by atoms with Crippen LogP contribution >= 0.6 is 11.8 Å².